The number of phenolic OH excluding ortho intramolecular Hbond substituents is 1. The summed E-state index contributed by atoms with van der Waals surface area (Å²) in [6.45, 7) is 0. The number of aromatic hydroxyl groups is 1. The van der Waals surface area contributed by atoms with Crippen molar-refractivity contribution in [1.82, 2.24) is 0 Å². The van der Waals surface area contributed by atoms with Crippen LogP contribution in [0, 0.1) is 0 Å². The Kier molecular flexibility index (Phi) is 5.94. The van der Waals surface area contributed by atoms with E-state index < -0.39 is 0 Å². The van der Waals surface area contributed by atoms with E-state index in [9.17, 15) is 0 Å². The summed E-state index contributed by atoms with van der Waals surface area (Å²) < 4.78 is 2.41. The predicted octanol–water partition coefficient (Wildman–Crippen LogP) is 3.03. The van der Waals surface area contributed by atoms with E-state index in [0.717, 1.165) is 8.95 Å². The molecule has 1 aromatic rings. The molecule has 0 amide bonds. The minimum atomic E-state index is 0. The second kappa shape index (κ2) is 5.25. The van der Waals surface area contributed by atoms with Crippen LogP contribution in [0.25, 0.3) is 0 Å². The van der Waals surface area contributed by atoms with Gasteiger partial charge in [-0.2, -0.15) is 0 Å². The van der Waals surface area contributed by atoms with Gasteiger partial charge in [-0.1, -0.05) is 0 Å². The van der Waals surface area contributed by atoms with Crippen LogP contribution in [0.2, 0.25) is 0 Å². The van der Waals surface area contributed by atoms with Gasteiger partial charge in [0.15, 0.2) is 0 Å². The average Bonchev–Trinajstić information content (AvgIpc) is 1.93. The quantitative estimate of drug-likeness (QED) is 0.561. The van der Waals surface area contributed by atoms with Gasteiger partial charge in [0.25, 0.3) is 0 Å². The molecule has 1 nitrogen and oxygen atoms in total. The molecule has 1 aromatic carbocycles. The van der Waals surface area contributed by atoms with E-state index in [0.29, 0.717) is 4.47 Å². The van der Waals surface area contributed by atoms with E-state index in [1.807, 2.05) is 0 Å². The summed E-state index contributed by atoms with van der Waals surface area (Å²) in [7, 11) is 0. The number of hydrogen-bond acceptors (Lipinski definition) is 1. The Morgan fingerprint density at radius 2 is 1.55 bits per heavy atom. The van der Waals surface area contributed by atoms with Gasteiger partial charge < -0.3 is 5.11 Å². The number of phenols is 1. The Balaban J connectivity index is 0.000001000. The monoisotopic (exact) mass is 352 g/mol. The van der Waals surface area contributed by atoms with Crippen LogP contribution in [0.3, 0.4) is 0 Å². The summed E-state index contributed by atoms with van der Waals surface area (Å²) in [4.78, 5) is 0. The van der Waals surface area contributed by atoms with Crippen molar-refractivity contribution < 1.29 is 5.11 Å². The van der Waals surface area contributed by atoms with Gasteiger partial charge in [-0.05, 0) is 59.9 Å². The third-order valence-electron chi connectivity index (χ3n) is 1.01. The van der Waals surface area contributed by atoms with Crippen LogP contribution in [0.5, 0.6) is 5.75 Å². The Morgan fingerprint density at radius 1 is 1.00 bits per heavy atom. The summed E-state index contributed by atoms with van der Waals surface area (Å²) in [5.41, 5.74) is 0. The number of rotatable bonds is 0. The molecular formula is C6H4Br3NaO. The maximum atomic E-state index is 9.13. The van der Waals surface area contributed by atoms with Crippen molar-refractivity contribution in [1.29, 1.82) is 0 Å². The molecule has 0 atom stereocenters. The molecule has 0 spiro atoms. The van der Waals surface area contributed by atoms with E-state index in [-0.39, 0.29) is 35.3 Å². The van der Waals surface area contributed by atoms with Crippen LogP contribution in [0.15, 0.2) is 25.6 Å². The fourth-order valence-corrected chi connectivity index (χ4v) is 1.79. The zero-order valence-corrected chi connectivity index (χ0v) is 9.49. The summed E-state index contributed by atoms with van der Waals surface area (Å²) in [6, 6.07) is 3.38. The molecule has 56 valence electrons. The Hall–Kier alpha value is 1.46. The van der Waals surface area contributed by atoms with Crippen molar-refractivity contribution in [3.63, 3.8) is 0 Å². The van der Waals surface area contributed by atoms with Crippen LogP contribution >= 0.6 is 47.8 Å². The molecule has 0 bridgehead atoms. The second-order valence-electron chi connectivity index (χ2n) is 1.69. The van der Waals surface area contributed by atoms with E-state index in [1.54, 1.807) is 12.1 Å². The molecule has 0 fully saturated rings. The van der Waals surface area contributed by atoms with Crippen LogP contribution < -0.4 is 0 Å². The molecule has 0 heterocycles. The fourth-order valence-electron chi connectivity index (χ4n) is 0.516. The van der Waals surface area contributed by atoms with Crippen molar-refractivity contribution in [3.05, 3.63) is 25.6 Å². The van der Waals surface area contributed by atoms with Crippen molar-refractivity contribution in [2.24, 2.45) is 0 Å². The predicted molar refractivity (Wildman–Crippen MR) is 58.4 cm³/mol. The Labute approximate surface area is 112 Å². The molecule has 0 saturated carbocycles. The summed E-state index contributed by atoms with van der Waals surface area (Å²) in [6.07, 6.45) is 0. The molecule has 11 heavy (non-hydrogen) atoms. The fraction of sp³-hybridized carbons (Fsp3) is 0. The van der Waals surface area contributed by atoms with Crippen molar-refractivity contribution >= 4 is 77.3 Å². The molecule has 0 aromatic heterocycles. The van der Waals surface area contributed by atoms with Crippen molar-refractivity contribution in [3.8, 4) is 5.75 Å². The number of hydrogen-bond donors (Lipinski definition) is 1. The maximum absolute atomic E-state index is 9.13. The SMILES string of the molecule is Oc1ccc(Br)c(Br)c1Br.[NaH]. The van der Waals surface area contributed by atoms with Gasteiger partial charge in [-0.25, -0.2) is 0 Å². The van der Waals surface area contributed by atoms with Gasteiger partial charge in [-0.15, -0.1) is 0 Å². The van der Waals surface area contributed by atoms with Gasteiger partial charge in [0.2, 0.25) is 0 Å². The van der Waals surface area contributed by atoms with Gasteiger partial charge in [0.05, 0.1) is 4.47 Å². The normalized spacial score (nSPS) is 9.00. The molecule has 0 aliphatic rings. The molecule has 0 unspecified atom stereocenters. The first kappa shape index (κ1) is 12.5. The first-order chi connectivity index (χ1) is 4.63. The average molecular weight is 355 g/mol. The summed E-state index contributed by atoms with van der Waals surface area (Å²) >= 11 is 9.77. The first-order valence-electron chi connectivity index (χ1n) is 2.45. The molecule has 5 heteroatoms. The molecular weight excluding hydrogens is 351 g/mol. The third-order valence-corrected chi connectivity index (χ3v) is 4.37. The molecule has 0 radical (unpaired) electrons. The number of halogens is 3. The van der Waals surface area contributed by atoms with E-state index >= 15 is 0 Å². The number of benzene rings is 1. The first-order valence-corrected chi connectivity index (χ1v) is 4.83. The van der Waals surface area contributed by atoms with Crippen molar-refractivity contribution in [2.45, 2.75) is 0 Å². The summed E-state index contributed by atoms with van der Waals surface area (Å²) in [5, 5.41) is 9.13. The summed E-state index contributed by atoms with van der Waals surface area (Å²) in [5.74, 6) is 0.232. The zero-order chi connectivity index (χ0) is 7.72. The van der Waals surface area contributed by atoms with Crippen LogP contribution in [-0.4, -0.2) is 34.7 Å². The Morgan fingerprint density at radius 3 is 2.00 bits per heavy atom. The third kappa shape index (κ3) is 3.01. The molecule has 0 aliphatic heterocycles. The van der Waals surface area contributed by atoms with Crippen LogP contribution in [-0.2, 0) is 0 Å². The standard InChI is InChI=1S/C6H3Br3O.Na.H/c7-3-1-2-4(10)6(9)5(3)8;;/h1-2,10H;;. The molecule has 0 saturated heterocycles. The van der Waals surface area contributed by atoms with Gasteiger partial charge in [0.1, 0.15) is 5.75 Å². The zero-order valence-electron chi connectivity index (χ0n) is 4.74. The Bertz CT molecular complexity index is 237. The minimum absolute atomic E-state index is 0. The molecule has 0 aliphatic carbocycles. The van der Waals surface area contributed by atoms with Crippen LogP contribution in [0.1, 0.15) is 0 Å². The van der Waals surface area contributed by atoms with Crippen molar-refractivity contribution in [2.75, 3.05) is 0 Å². The van der Waals surface area contributed by atoms with Gasteiger partial charge >= 0.3 is 29.6 Å². The van der Waals surface area contributed by atoms with E-state index in [4.69, 9.17) is 5.11 Å². The van der Waals surface area contributed by atoms with E-state index in [1.165, 1.54) is 0 Å². The topological polar surface area (TPSA) is 20.2 Å². The van der Waals surface area contributed by atoms with E-state index in [2.05, 4.69) is 47.8 Å². The molecule has 1 N–H and O–H groups in total. The second-order valence-corrected chi connectivity index (χ2v) is 4.13. The molecule has 1 rings (SSSR count). The van der Waals surface area contributed by atoms with Gasteiger partial charge in [0, 0.05) is 8.95 Å². The van der Waals surface area contributed by atoms with Crippen LogP contribution in [0.4, 0.5) is 0 Å². The van der Waals surface area contributed by atoms with Gasteiger partial charge in [-0.3, -0.25) is 0 Å².